The average molecular weight is 269 g/mol. The molecule has 1 rings (SSSR count). The Hall–Kier alpha value is -1.46. The molecule has 7 heteroatoms. The maximum Gasteiger partial charge on any atom is 0.407 e. The van der Waals surface area contributed by atoms with E-state index in [1.165, 1.54) is 0 Å². The Balaban J connectivity index is 2.14. The van der Waals surface area contributed by atoms with Crippen LogP contribution in [0, 0.1) is 0 Å². The highest BCUT2D eigenvalue weighted by molar-refractivity contribution is 5.67. The van der Waals surface area contributed by atoms with Gasteiger partial charge in [-0.3, -0.25) is 0 Å². The van der Waals surface area contributed by atoms with Crippen molar-refractivity contribution in [1.29, 1.82) is 0 Å². The third-order valence-electron chi connectivity index (χ3n) is 2.87. The summed E-state index contributed by atoms with van der Waals surface area (Å²) in [6, 6.07) is 0.125. The molecule has 1 aliphatic rings. The zero-order chi connectivity index (χ0) is 14.3. The molecule has 0 aromatic rings. The van der Waals surface area contributed by atoms with E-state index in [-0.39, 0.29) is 12.1 Å². The van der Waals surface area contributed by atoms with Crippen molar-refractivity contribution in [2.24, 2.45) is 5.11 Å². The molecule has 0 saturated carbocycles. The number of piperidine rings is 1. The van der Waals surface area contributed by atoms with E-state index >= 15 is 0 Å². The van der Waals surface area contributed by atoms with Crippen LogP contribution < -0.4 is 5.32 Å². The number of hydrogen-bond donors (Lipinski definition) is 1. The molecule has 1 fully saturated rings. The van der Waals surface area contributed by atoms with Gasteiger partial charge in [-0.05, 0) is 52.2 Å². The number of alkyl carbamates (subject to hydrolysis) is 1. The van der Waals surface area contributed by atoms with Gasteiger partial charge in [-0.1, -0.05) is 5.11 Å². The van der Waals surface area contributed by atoms with Gasteiger partial charge in [-0.2, -0.15) is 0 Å². The van der Waals surface area contributed by atoms with Crippen molar-refractivity contribution in [1.82, 2.24) is 10.2 Å². The second kappa shape index (κ2) is 7.21. The fraction of sp³-hybridized carbons (Fsp3) is 0.917. The van der Waals surface area contributed by atoms with E-state index in [2.05, 4.69) is 20.2 Å². The quantitative estimate of drug-likeness (QED) is 0.482. The van der Waals surface area contributed by atoms with Gasteiger partial charge in [0.05, 0.1) is 0 Å². The summed E-state index contributed by atoms with van der Waals surface area (Å²) in [4.78, 5) is 16.5. The molecule has 7 nitrogen and oxygen atoms in total. The van der Waals surface area contributed by atoms with Gasteiger partial charge in [0.25, 0.3) is 0 Å². The van der Waals surface area contributed by atoms with Gasteiger partial charge < -0.3 is 15.0 Å². The summed E-state index contributed by atoms with van der Waals surface area (Å²) in [5.41, 5.74) is 7.90. The van der Waals surface area contributed by atoms with Crippen LogP contribution in [0.1, 0.15) is 33.6 Å². The van der Waals surface area contributed by atoms with Crippen LogP contribution in [0.5, 0.6) is 0 Å². The standard InChI is InChI=1S/C12H23N5O2/c1-12(2,3)19-11(18)14-6-9-17-7-4-10(5-8-17)15-16-13/h10H,4-9H2,1-3H3,(H,14,18). The number of hydrogen-bond acceptors (Lipinski definition) is 4. The molecule has 0 atom stereocenters. The lowest BCUT2D eigenvalue weighted by atomic mass is 10.1. The van der Waals surface area contributed by atoms with Crippen molar-refractivity contribution in [3.05, 3.63) is 10.4 Å². The first-order valence-electron chi connectivity index (χ1n) is 6.64. The third-order valence-corrected chi connectivity index (χ3v) is 2.87. The number of carbonyl (C=O) groups is 1. The number of nitrogens with zero attached hydrogens (tertiary/aromatic N) is 4. The van der Waals surface area contributed by atoms with Gasteiger partial charge in [0, 0.05) is 24.0 Å². The Morgan fingerprint density at radius 1 is 1.47 bits per heavy atom. The lowest BCUT2D eigenvalue weighted by Crippen LogP contribution is -2.41. The molecule has 1 N–H and O–H groups in total. The maximum absolute atomic E-state index is 11.4. The molecule has 0 unspecified atom stereocenters. The minimum Gasteiger partial charge on any atom is -0.444 e. The zero-order valence-corrected chi connectivity index (χ0v) is 11.9. The van der Waals surface area contributed by atoms with Gasteiger partial charge in [0.15, 0.2) is 0 Å². The van der Waals surface area contributed by atoms with E-state index in [1.54, 1.807) is 0 Å². The summed E-state index contributed by atoms with van der Waals surface area (Å²) < 4.78 is 5.15. The number of nitrogens with one attached hydrogen (secondary N) is 1. The predicted molar refractivity (Wildman–Crippen MR) is 72.8 cm³/mol. The van der Waals surface area contributed by atoms with Crippen molar-refractivity contribution in [2.75, 3.05) is 26.2 Å². The Morgan fingerprint density at radius 3 is 2.63 bits per heavy atom. The van der Waals surface area contributed by atoms with E-state index < -0.39 is 5.60 Å². The molecule has 0 radical (unpaired) electrons. The third kappa shape index (κ3) is 6.88. The van der Waals surface area contributed by atoms with Crippen molar-refractivity contribution in [3.8, 4) is 0 Å². The van der Waals surface area contributed by atoms with E-state index in [4.69, 9.17) is 10.3 Å². The number of azide groups is 1. The van der Waals surface area contributed by atoms with Crippen molar-refractivity contribution in [3.63, 3.8) is 0 Å². The van der Waals surface area contributed by atoms with Crippen LogP contribution in [0.25, 0.3) is 10.4 Å². The van der Waals surface area contributed by atoms with Crippen LogP contribution in [-0.4, -0.2) is 48.8 Å². The molecule has 0 aromatic heterocycles. The topological polar surface area (TPSA) is 90.3 Å². The van der Waals surface area contributed by atoms with E-state index in [0.717, 1.165) is 32.5 Å². The summed E-state index contributed by atoms with van der Waals surface area (Å²) >= 11 is 0. The minimum absolute atomic E-state index is 0.125. The molecule has 0 aromatic carbocycles. The van der Waals surface area contributed by atoms with Crippen LogP contribution in [0.15, 0.2) is 5.11 Å². The molecule has 108 valence electrons. The fourth-order valence-electron chi connectivity index (χ4n) is 1.96. The van der Waals surface area contributed by atoms with Gasteiger partial charge in [-0.25, -0.2) is 4.79 Å². The molecular formula is C12H23N5O2. The van der Waals surface area contributed by atoms with E-state index in [9.17, 15) is 4.79 Å². The zero-order valence-electron chi connectivity index (χ0n) is 11.9. The van der Waals surface area contributed by atoms with Gasteiger partial charge in [0.1, 0.15) is 5.60 Å². The summed E-state index contributed by atoms with van der Waals surface area (Å²) in [7, 11) is 0. The summed E-state index contributed by atoms with van der Waals surface area (Å²) in [5, 5.41) is 6.47. The molecule has 0 spiro atoms. The van der Waals surface area contributed by atoms with Crippen molar-refractivity contribution < 1.29 is 9.53 Å². The first-order valence-corrected chi connectivity index (χ1v) is 6.64. The highest BCUT2D eigenvalue weighted by Crippen LogP contribution is 2.13. The van der Waals surface area contributed by atoms with E-state index in [1.807, 2.05) is 20.8 Å². The average Bonchev–Trinajstić information content (AvgIpc) is 2.29. The first kappa shape index (κ1) is 15.6. The van der Waals surface area contributed by atoms with Crippen molar-refractivity contribution in [2.45, 2.75) is 45.3 Å². The molecule has 19 heavy (non-hydrogen) atoms. The highest BCUT2D eigenvalue weighted by atomic mass is 16.6. The molecule has 1 saturated heterocycles. The van der Waals surface area contributed by atoms with Crippen LogP contribution in [0.2, 0.25) is 0 Å². The second-order valence-corrected chi connectivity index (χ2v) is 5.71. The molecule has 0 bridgehead atoms. The monoisotopic (exact) mass is 269 g/mol. The predicted octanol–water partition coefficient (Wildman–Crippen LogP) is 2.29. The fourth-order valence-corrected chi connectivity index (χ4v) is 1.96. The number of ether oxygens (including phenoxy) is 1. The first-order chi connectivity index (χ1) is 8.90. The van der Waals surface area contributed by atoms with Crippen LogP contribution in [0.3, 0.4) is 0 Å². The van der Waals surface area contributed by atoms with Crippen LogP contribution >= 0.6 is 0 Å². The Labute approximate surface area is 113 Å². The number of amides is 1. The molecular weight excluding hydrogens is 246 g/mol. The highest BCUT2D eigenvalue weighted by Gasteiger charge is 2.19. The number of carbonyl (C=O) groups excluding carboxylic acids is 1. The van der Waals surface area contributed by atoms with Crippen LogP contribution in [-0.2, 0) is 4.74 Å². The van der Waals surface area contributed by atoms with Gasteiger partial charge in [0.2, 0.25) is 0 Å². The van der Waals surface area contributed by atoms with Crippen molar-refractivity contribution >= 4 is 6.09 Å². The van der Waals surface area contributed by atoms with Crippen LogP contribution in [0.4, 0.5) is 4.79 Å². The second-order valence-electron chi connectivity index (χ2n) is 5.71. The van der Waals surface area contributed by atoms with Gasteiger partial charge >= 0.3 is 6.09 Å². The lowest BCUT2D eigenvalue weighted by molar-refractivity contribution is 0.0520. The van der Waals surface area contributed by atoms with E-state index in [0.29, 0.717) is 6.54 Å². The SMILES string of the molecule is CC(C)(C)OC(=O)NCCN1CCC(N=[N+]=[N-])CC1. The molecule has 1 amide bonds. The van der Waals surface area contributed by atoms with Gasteiger partial charge in [-0.15, -0.1) is 0 Å². The number of likely N-dealkylation sites (tertiary alicyclic amines) is 1. The smallest absolute Gasteiger partial charge is 0.407 e. The summed E-state index contributed by atoms with van der Waals surface area (Å²) in [6.45, 7) is 8.69. The Morgan fingerprint density at radius 2 is 2.11 bits per heavy atom. The molecule has 1 heterocycles. The summed E-state index contributed by atoms with van der Waals surface area (Å²) in [5.74, 6) is 0. The minimum atomic E-state index is -0.461. The number of rotatable bonds is 4. The molecule has 1 aliphatic heterocycles. The molecule has 0 aliphatic carbocycles. The Kier molecular flexibility index (Phi) is 5.92. The normalized spacial score (nSPS) is 17.6. The largest absolute Gasteiger partial charge is 0.444 e. The maximum atomic E-state index is 11.4. The summed E-state index contributed by atoms with van der Waals surface area (Å²) in [6.07, 6.45) is 1.39. The lowest BCUT2D eigenvalue weighted by Gasteiger charge is -2.29. The Bertz CT molecular complexity index is 339.